The highest BCUT2D eigenvalue weighted by atomic mass is 35.5. The minimum Gasteiger partial charge on any atom is -0.481 e. The molecular formula is C29H26ClN3O4. The van der Waals surface area contributed by atoms with Gasteiger partial charge in [0.05, 0.1) is 16.8 Å². The van der Waals surface area contributed by atoms with E-state index >= 15 is 0 Å². The summed E-state index contributed by atoms with van der Waals surface area (Å²) in [6.07, 6.45) is 0.231. The Balaban J connectivity index is 1.30. The predicted molar refractivity (Wildman–Crippen MR) is 143 cm³/mol. The third kappa shape index (κ3) is 4.82. The van der Waals surface area contributed by atoms with Gasteiger partial charge in [0.15, 0.2) is 0 Å². The largest absolute Gasteiger partial charge is 0.481 e. The normalized spacial score (nSPS) is 14.6. The molecule has 0 aliphatic heterocycles. The first-order chi connectivity index (χ1) is 17.8. The third-order valence-corrected chi connectivity index (χ3v) is 7.23. The Morgan fingerprint density at radius 3 is 2.19 bits per heavy atom. The van der Waals surface area contributed by atoms with Crippen LogP contribution in [0.2, 0.25) is 5.02 Å². The molecule has 1 aliphatic rings. The van der Waals surface area contributed by atoms with Gasteiger partial charge in [-0.05, 0) is 49.4 Å². The quantitative estimate of drug-likeness (QED) is 0.243. The number of aromatic nitrogens is 2. The Kier molecular flexibility index (Phi) is 6.48. The van der Waals surface area contributed by atoms with E-state index in [2.05, 4.69) is 15.5 Å². The van der Waals surface area contributed by atoms with E-state index in [1.54, 1.807) is 13.0 Å². The van der Waals surface area contributed by atoms with E-state index < -0.39 is 23.6 Å². The molecule has 8 heteroatoms. The number of amides is 1. The van der Waals surface area contributed by atoms with E-state index in [4.69, 9.17) is 16.3 Å². The van der Waals surface area contributed by atoms with Crippen molar-refractivity contribution in [1.29, 1.82) is 0 Å². The van der Waals surface area contributed by atoms with Gasteiger partial charge in [0.1, 0.15) is 11.8 Å². The molecule has 0 radical (unpaired) electrons. The minimum atomic E-state index is -0.759. The van der Waals surface area contributed by atoms with Crippen molar-refractivity contribution in [3.63, 3.8) is 0 Å². The van der Waals surface area contributed by atoms with Crippen molar-refractivity contribution in [3.05, 3.63) is 94.6 Å². The smallest absolute Gasteiger partial charge is 0.412 e. The number of carboxylic acid groups (broad SMARTS) is 1. The highest BCUT2D eigenvalue weighted by Gasteiger charge is 2.51. The number of carbonyl (C=O) groups excluding carboxylic acids is 1. The summed E-state index contributed by atoms with van der Waals surface area (Å²) in [5.74, 6) is -0.759. The average Bonchev–Trinajstić information content (AvgIpc) is 3.64. The zero-order chi connectivity index (χ0) is 26.2. The van der Waals surface area contributed by atoms with Crippen LogP contribution in [0.25, 0.3) is 22.4 Å². The van der Waals surface area contributed by atoms with Gasteiger partial charge in [-0.25, -0.2) is 4.79 Å². The molecule has 1 aliphatic carbocycles. The fourth-order valence-corrected chi connectivity index (χ4v) is 4.79. The summed E-state index contributed by atoms with van der Waals surface area (Å²) in [6.45, 7) is 3.59. The van der Waals surface area contributed by atoms with Crippen LogP contribution < -0.4 is 5.32 Å². The molecule has 1 amide bonds. The zero-order valence-corrected chi connectivity index (χ0v) is 21.2. The Hall–Kier alpha value is -4.10. The van der Waals surface area contributed by atoms with Crippen LogP contribution in [-0.4, -0.2) is 27.4 Å². The monoisotopic (exact) mass is 515 g/mol. The fraction of sp³-hybridized carbons (Fsp3) is 0.207. The van der Waals surface area contributed by atoms with E-state index in [1.807, 2.05) is 73.7 Å². The van der Waals surface area contributed by atoms with Gasteiger partial charge in [-0.3, -0.25) is 15.2 Å². The summed E-state index contributed by atoms with van der Waals surface area (Å²) in [6, 6.07) is 22.8. The van der Waals surface area contributed by atoms with Crippen molar-refractivity contribution < 1.29 is 19.4 Å². The number of ether oxygens (including phenoxy) is 1. The molecule has 1 fully saturated rings. The first kappa shape index (κ1) is 24.6. The number of benzene rings is 3. The maximum Gasteiger partial charge on any atom is 0.412 e. The average molecular weight is 516 g/mol. The lowest BCUT2D eigenvalue weighted by atomic mass is 9.93. The first-order valence-electron chi connectivity index (χ1n) is 12.0. The first-order valence-corrected chi connectivity index (χ1v) is 12.4. The van der Waals surface area contributed by atoms with Crippen molar-refractivity contribution in [2.24, 2.45) is 0 Å². The highest BCUT2D eigenvalue weighted by molar-refractivity contribution is 6.31. The van der Waals surface area contributed by atoms with Gasteiger partial charge in [-0.15, -0.1) is 0 Å². The number of hydrogen-bond acceptors (Lipinski definition) is 4. The number of nitrogens with one attached hydrogen (secondary N) is 2. The van der Waals surface area contributed by atoms with Gasteiger partial charge in [0.25, 0.3) is 0 Å². The number of H-pyrrole nitrogens is 1. The molecule has 3 aromatic carbocycles. The number of aryl methyl sites for hydroxylation is 1. The molecule has 0 bridgehead atoms. The Labute approximate surface area is 219 Å². The lowest BCUT2D eigenvalue weighted by molar-refractivity contribution is -0.140. The van der Waals surface area contributed by atoms with E-state index in [9.17, 15) is 14.7 Å². The number of nitrogens with zero attached hydrogens (tertiary/aromatic N) is 1. The second-order valence-corrected chi connectivity index (χ2v) is 9.72. The Morgan fingerprint density at radius 1 is 1.00 bits per heavy atom. The van der Waals surface area contributed by atoms with Gasteiger partial charge < -0.3 is 9.84 Å². The Morgan fingerprint density at radius 2 is 1.59 bits per heavy atom. The number of halogens is 1. The number of carbonyl (C=O) groups is 2. The number of carboxylic acids is 1. The van der Waals surface area contributed by atoms with E-state index in [-0.39, 0.29) is 0 Å². The summed E-state index contributed by atoms with van der Waals surface area (Å²) in [4.78, 5) is 24.3. The van der Waals surface area contributed by atoms with Crippen molar-refractivity contribution in [3.8, 4) is 22.4 Å². The van der Waals surface area contributed by atoms with Crippen LogP contribution in [0.1, 0.15) is 42.7 Å². The molecular weight excluding hydrogens is 490 g/mol. The number of aromatic amines is 1. The van der Waals surface area contributed by atoms with Crippen LogP contribution in [0.4, 0.5) is 10.5 Å². The summed E-state index contributed by atoms with van der Waals surface area (Å²) >= 11 is 6.23. The van der Waals surface area contributed by atoms with Gasteiger partial charge >= 0.3 is 12.1 Å². The Bertz CT molecular complexity index is 1460. The number of aliphatic carboxylic acids is 1. The van der Waals surface area contributed by atoms with Gasteiger partial charge in [0.2, 0.25) is 0 Å². The van der Waals surface area contributed by atoms with Crippen LogP contribution in [0.5, 0.6) is 0 Å². The van der Waals surface area contributed by atoms with Crippen molar-refractivity contribution >= 4 is 29.4 Å². The van der Waals surface area contributed by atoms with E-state index in [0.29, 0.717) is 34.9 Å². The fourth-order valence-electron chi connectivity index (χ4n) is 4.50. The molecule has 7 nitrogen and oxygen atoms in total. The van der Waals surface area contributed by atoms with Gasteiger partial charge in [0, 0.05) is 16.1 Å². The summed E-state index contributed by atoms with van der Waals surface area (Å²) in [5, 5.41) is 20.2. The molecule has 1 saturated carbocycles. The molecule has 1 atom stereocenters. The summed E-state index contributed by atoms with van der Waals surface area (Å²) in [5.41, 5.74) is 5.49. The zero-order valence-electron chi connectivity index (χ0n) is 20.4. The second-order valence-electron chi connectivity index (χ2n) is 9.31. The predicted octanol–water partition coefficient (Wildman–Crippen LogP) is 7.13. The molecule has 1 heterocycles. The van der Waals surface area contributed by atoms with Crippen molar-refractivity contribution in [2.45, 2.75) is 38.2 Å². The van der Waals surface area contributed by atoms with Gasteiger partial charge in [-0.2, -0.15) is 5.10 Å². The van der Waals surface area contributed by atoms with Crippen LogP contribution in [0.15, 0.2) is 72.8 Å². The number of rotatable bonds is 7. The van der Waals surface area contributed by atoms with E-state index in [0.717, 1.165) is 27.8 Å². The molecule has 188 valence electrons. The van der Waals surface area contributed by atoms with Crippen LogP contribution >= 0.6 is 11.6 Å². The van der Waals surface area contributed by atoms with Crippen LogP contribution in [-0.2, 0) is 14.9 Å². The third-order valence-electron chi connectivity index (χ3n) is 6.89. The lowest BCUT2D eigenvalue weighted by Crippen LogP contribution is -2.19. The molecule has 0 saturated heterocycles. The summed E-state index contributed by atoms with van der Waals surface area (Å²) in [7, 11) is 0. The van der Waals surface area contributed by atoms with Gasteiger partial charge in [-0.1, -0.05) is 78.3 Å². The maximum atomic E-state index is 12.7. The summed E-state index contributed by atoms with van der Waals surface area (Å²) < 4.78 is 5.55. The highest BCUT2D eigenvalue weighted by Crippen LogP contribution is 2.48. The molecule has 0 spiro atoms. The molecule has 4 aromatic rings. The van der Waals surface area contributed by atoms with Crippen LogP contribution in [0.3, 0.4) is 0 Å². The minimum absolute atomic E-state index is 0.527. The number of anilines is 1. The second kappa shape index (κ2) is 9.75. The molecule has 3 N–H and O–H groups in total. The van der Waals surface area contributed by atoms with Crippen molar-refractivity contribution in [1.82, 2.24) is 10.2 Å². The standard InChI is InChI=1S/C29H26ClN3O4/c1-17-25(31-28(36)37-18(2)23-5-3-4-6-24(23)30)26(33-32-17)21-9-7-19(8-10-21)20-11-13-22(14-12-20)29(15-16-29)27(34)35/h3-14,18H,15-16H2,1-2H3,(H,31,36)(H,32,33)(H,34,35). The molecule has 5 rings (SSSR count). The SMILES string of the molecule is Cc1[nH]nc(-c2ccc(-c3ccc(C4(C(=O)O)CC4)cc3)cc2)c1NC(=O)OC(C)c1ccccc1Cl. The number of hydrogen-bond donors (Lipinski definition) is 3. The molecule has 1 aromatic heterocycles. The topological polar surface area (TPSA) is 104 Å². The van der Waals surface area contributed by atoms with Crippen molar-refractivity contribution in [2.75, 3.05) is 5.32 Å². The molecule has 37 heavy (non-hydrogen) atoms. The van der Waals surface area contributed by atoms with E-state index in [1.165, 1.54) is 0 Å². The molecule has 1 unspecified atom stereocenters. The lowest BCUT2D eigenvalue weighted by Gasteiger charge is -2.16. The van der Waals surface area contributed by atoms with Crippen LogP contribution in [0, 0.1) is 6.92 Å². The maximum absolute atomic E-state index is 12.7.